The van der Waals surface area contributed by atoms with Gasteiger partial charge in [-0.05, 0) is 55.5 Å². The SMILES string of the molecule is CCOC(=O)c1ccc(NC(=O)CSc2nnc(-c3cccnc3)n2-n2cccc2)cc1. The molecule has 0 fully saturated rings. The van der Waals surface area contributed by atoms with Gasteiger partial charge in [-0.25, -0.2) is 9.47 Å². The number of esters is 1. The van der Waals surface area contributed by atoms with Gasteiger partial charge in [-0.3, -0.25) is 14.5 Å². The summed E-state index contributed by atoms with van der Waals surface area (Å²) in [5.41, 5.74) is 1.83. The van der Waals surface area contributed by atoms with Crippen molar-refractivity contribution in [1.82, 2.24) is 24.5 Å². The van der Waals surface area contributed by atoms with Crippen LogP contribution >= 0.6 is 11.8 Å². The van der Waals surface area contributed by atoms with Crippen molar-refractivity contribution >= 4 is 29.3 Å². The summed E-state index contributed by atoms with van der Waals surface area (Å²) in [6.07, 6.45) is 7.15. The third kappa shape index (κ3) is 4.86. The molecule has 4 rings (SSSR count). The van der Waals surface area contributed by atoms with Gasteiger partial charge in [0.25, 0.3) is 0 Å². The van der Waals surface area contributed by atoms with E-state index in [9.17, 15) is 9.59 Å². The number of ether oxygens (including phenoxy) is 1. The number of nitrogens with one attached hydrogen (secondary N) is 1. The molecular weight excluding hydrogens is 428 g/mol. The summed E-state index contributed by atoms with van der Waals surface area (Å²) >= 11 is 1.26. The van der Waals surface area contributed by atoms with Crippen LogP contribution in [0.5, 0.6) is 0 Å². The van der Waals surface area contributed by atoms with E-state index < -0.39 is 5.97 Å². The summed E-state index contributed by atoms with van der Waals surface area (Å²) in [6.45, 7) is 2.06. The number of thioether (sulfide) groups is 1. The number of hydrogen-bond donors (Lipinski definition) is 1. The number of benzene rings is 1. The number of amides is 1. The van der Waals surface area contributed by atoms with E-state index in [1.165, 1.54) is 11.8 Å². The summed E-state index contributed by atoms with van der Waals surface area (Å²) in [6, 6.07) is 14.1. The maximum Gasteiger partial charge on any atom is 0.338 e. The molecule has 0 aliphatic carbocycles. The molecule has 0 bridgehead atoms. The summed E-state index contributed by atoms with van der Waals surface area (Å²) in [4.78, 5) is 28.4. The second-order valence-corrected chi connectivity index (χ2v) is 7.50. The molecule has 32 heavy (non-hydrogen) atoms. The molecule has 0 atom stereocenters. The molecule has 0 saturated heterocycles. The average Bonchev–Trinajstić information content (AvgIpc) is 3.48. The minimum atomic E-state index is -0.394. The van der Waals surface area contributed by atoms with E-state index in [0.29, 0.717) is 28.8 Å². The first kappa shape index (κ1) is 21.3. The highest BCUT2D eigenvalue weighted by atomic mass is 32.2. The minimum absolute atomic E-state index is 0.131. The normalized spacial score (nSPS) is 10.7. The maximum atomic E-state index is 12.5. The van der Waals surface area contributed by atoms with Gasteiger partial charge >= 0.3 is 5.97 Å². The molecule has 10 heteroatoms. The van der Waals surface area contributed by atoms with Crippen LogP contribution in [0, 0.1) is 0 Å². The zero-order valence-electron chi connectivity index (χ0n) is 17.2. The number of rotatable bonds is 8. The molecule has 0 saturated carbocycles. The van der Waals surface area contributed by atoms with Gasteiger partial charge in [-0.15, -0.1) is 10.2 Å². The summed E-state index contributed by atoms with van der Waals surface area (Å²) in [5, 5.41) is 12.0. The zero-order chi connectivity index (χ0) is 22.3. The third-order valence-electron chi connectivity index (χ3n) is 4.36. The monoisotopic (exact) mass is 448 g/mol. The quantitative estimate of drug-likeness (QED) is 0.326. The Kier molecular flexibility index (Phi) is 6.61. The number of carbonyl (C=O) groups excluding carboxylic acids is 2. The van der Waals surface area contributed by atoms with Crippen molar-refractivity contribution < 1.29 is 14.3 Å². The van der Waals surface area contributed by atoms with Gasteiger partial charge in [-0.2, -0.15) is 0 Å². The average molecular weight is 449 g/mol. The van der Waals surface area contributed by atoms with Crippen molar-refractivity contribution in [1.29, 1.82) is 0 Å². The van der Waals surface area contributed by atoms with Gasteiger partial charge < -0.3 is 10.1 Å². The lowest BCUT2D eigenvalue weighted by atomic mass is 10.2. The predicted octanol–water partition coefficient (Wildman–Crippen LogP) is 3.36. The molecule has 1 aromatic carbocycles. The molecule has 1 N–H and O–H groups in total. The van der Waals surface area contributed by atoms with E-state index >= 15 is 0 Å². The summed E-state index contributed by atoms with van der Waals surface area (Å²) in [5.74, 6) is 0.150. The Morgan fingerprint density at radius 1 is 1.06 bits per heavy atom. The molecule has 0 radical (unpaired) electrons. The Bertz CT molecular complexity index is 1190. The van der Waals surface area contributed by atoms with Crippen molar-refractivity contribution in [2.75, 3.05) is 17.7 Å². The molecule has 0 aliphatic rings. The fraction of sp³-hybridized carbons (Fsp3) is 0.136. The predicted molar refractivity (Wildman–Crippen MR) is 120 cm³/mol. The Morgan fingerprint density at radius 3 is 2.53 bits per heavy atom. The smallest absolute Gasteiger partial charge is 0.338 e. The fourth-order valence-electron chi connectivity index (χ4n) is 2.93. The van der Waals surface area contributed by atoms with Crippen molar-refractivity contribution in [2.24, 2.45) is 0 Å². The van der Waals surface area contributed by atoms with E-state index in [-0.39, 0.29) is 11.7 Å². The van der Waals surface area contributed by atoms with Crippen LogP contribution in [0.2, 0.25) is 0 Å². The van der Waals surface area contributed by atoms with E-state index in [1.807, 2.05) is 46.0 Å². The van der Waals surface area contributed by atoms with Gasteiger partial charge in [0.15, 0.2) is 5.82 Å². The Hall–Kier alpha value is -3.92. The van der Waals surface area contributed by atoms with Crippen LogP contribution in [0.25, 0.3) is 11.4 Å². The van der Waals surface area contributed by atoms with Crippen LogP contribution in [-0.2, 0) is 9.53 Å². The van der Waals surface area contributed by atoms with E-state index in [4.69, 9.17) is 4.74 Å². The molecule has 3 heterocycles. The number of hydrogen-bond acceptors (Lipinski definition) is 7. The van der Waals surface area contributed by atoms with Crippen LogP contribution in [-0.4, -0.2) is 48.8 Å². The van der Waals surface area contributed by atoms with Crippen LogP contribution < -0.4 is 5.32 Å². The lowest BCUT2D eigenvalue weighted by Gasteiger charge is -2.11. The standard InChI is InChI=1S/C22H20N6O3S/c1-2-31-21(30)16-7-9-18(10-8-16)24-19(29)15-32-22-26-25-20(17-6-5-11-23-14-17)28(22)27-12-3-4-13-27/h3-14H,2,15H2,1H3,(H,24,29). The van der Waals surface area contributed by atoms with Gasteiger partial charge in [0.1, 0.15) is 0 Å². The lowest BCUT2D eigenvalue weighted by molar-refractivity contribution is -0.113. The Balaban J connectivity index is 1.45. The molecule has 9 nitrogen and oxygen atoms in total. The fourth-order valence-corrected chi connectivity index (χ4v) is 3.66. The van der Waals surface area contributed by atoms with Crippen LogP contribution in [0.3, 0.4) is 0 Å². The van der Waals surface area contributed by atoms with Crippen LogP contribution in [0.1, 0.15) is 17.3 Å². The lowest BCUT2D eigenvalue weighted by Crippen LogP contribution is -2.16. The van der Waals surface area contributed by atoms with Crippen molar-refractivity contribution in [2.45, 2.75) is 12.1 Å². The van der Waals surface area contributed by atoms with Crippen molar-refractivity contribution in [3.63, 3.8) is 0 Å². The maximum absolute atomic E-state index is 12.5. The summed E-state index contributed by atoms with van der Waals surface area (Å²) < 4.78 is 8.63. The largest absolute Gasteiger partial charge is 0.462 e. The number of aromatic nitrogens is 5. The van der Waals surface area contributed by atoms with E-state index in [2.05, 4.69) is 20.5 Å². The van der Waals surface area contributed by atoms with Crippen molar-refractivity contribution in [3.05, 3.63) is 78.9 Å². The van der Waals surface area contributed by atoms with Crippen molar-refractivity contribution in [3.8, 4) is 11.4 Å². The van der Waals surface area contributed by atoms with E-state index in [1.54, 1.807) is 43.6 Å². The van der Waals surface area contributed by atoms with E-state index in [0.717, 1.165) is 5.56 Å². The highest BCUT2D eigenvalue weighted by Gasteiger charge is 2.17. The van der Waals surface area contributed by atoms with Gasteiger partial charge in [0.2, 0.25) is 11.1 Å². The molecule has 162 valence electrons. The Labute approximate surface area is 188 Å². The number of anilines is 1. The number of carbonyl (C=O) groups is 2. The first-order valence-corrected chi connectivity index (χ1v) is 10.8. The van der Waals surface area contributed by atoms with Crippen LogP contribution in [0.15, 0.2) is 78.5 Å². The minimum Gasteiger partial charge on any atom is -0.462 e. The molecule has 3 aromatic heterocycles. The van der Waals surface area contributed by atoms with Crippen LogP contribution in [0.4, 0.5) is 5.69 Å². The highest BCUT2D eigenvalue weighted by Crippen LogP contribution is 2.24. The number of pyridine rings is 1. The highest BCUT2D eigenvalue weighted by molar-refractivity contribution is 7.99. The topological polar surface area (TPSA) is 104 Å². The molecule has 0 unspecified atom stereocenters. The Morgan fingerprint density at radius 2 is 1.84 bits per heavy atom. The molecule has 0 aliphatic heterocycles. The molecule has 1 amide bonds. The molecule has 4 aromatic rings. The second-order valence-electron chi connectivity index (χ2n) is 6.56. The summed E-state index contributed by atoms with van der Waals surface area (Å²) in [7, 11) is 0. The second kappa shape index (κ2) is 9.92. The van der Waals surface area contributed by atoms with Gasteiger partial charge in [0.05, 0.1) is 17.9 Å². The van der Waals surface area contributed by atoms with Gasteiger partial charge in [-0.1, -0.05) is 11.8 Å². The van der Waals surface area contributed by atoms with Gasteiger partial charge in [0, 0.05) is 36.0 Å². The number of nitrogens with zero attached hydrogens (tertiary/aromatic N) is 5. The molecule has 0 spiro atoms. The first-order valence-electron chi connectivity index (χ1n) is 9.85. The third-order valence-corrected chi connectivity index (χ3v) is 5.28. The first-order chi connectivity index (χ1) is 15.7. The zero-order valence-corrected chi connectivity index (χ0v) is 18.0. The molecular formula is C22H20N6O3S.